The Balaban J connectivity index is 0.00000150. The first-order valence-corrected chi connectivity index (χ1v) is 10.6. The van der Waals surface area contributed by atoms with E-state index >= 15 is 0 Å². The van der Waals surface area contributed by atoms with Crippen LogP contribution in [0.4, 0.5) is 5.69 Å². The molecule has 2 unspecified atom stereocenters. The first kappa shape index (κ1) is 23.4. The van der Waals surface area contributed by atoms with Crippen LogP contribution in [0.25, 0.3) is 0 Å². The van der Waals surface area contributed by atoms with Crippen LogP contribution in [0.5, 0.6) is 0 Å². The molecule has 0 aliphatic carbocycles. The maximum absolute atomic E-state index is 12.5. The molecular weight excluding hydrogens is 435 g/mol. The van der Waals surface area contributed by atoms with Crippen molar-refractivity contribution in [2.75, 3.05) is 4.72 Å². The average molecular weight is 459 g/mol. The summed E-state index contributed by atoms with van der Waals surface area (Å²) in [6, 6.07) is 10.3. The van der Waals surface area contributed by atoms with Crippen molar-refractivity contribution in [2.24, 2.45) is 0 Å². The molecular formula is C19H24Cl2N4O3S. The Kier molecular flexibility index (Phi) is 7.87. The molecule has 0 radical (unpaired) electrons. The fraction of sp³-hybridized carbons (Fsp3) is 0.368. The van der Waals surface area contributed by atoms with Crippen LogP contribution in [-0.2, 0) is 10.0 Å². The van der Waals surface area contributed by atoms with Gasteiger partial charge >= 0.3 is 0 Å². The summed E-state index contributed by atoms with van der Waals surface area (Å²) >= 11 is 0. The van der Waals surface area contributed by atoms with Gasteiger partial charge < -0.3 is 10.6 Å². The lowest BCUT2D eigenvalue weighted by Crippen LogP contribution is -2.48. The van der Waals surface area contributed by atoms with Crippen LogP contribution in [0, 0.1) is 0 Å². The summed E-state index contributed by atoms with van der Waals surface area (Å²) in [7, 11) is -3.71. The molecule has 2 atom stereocenters. The minimum absolute atomic E-state index is 0. The standard InChI is InChI=1S/C19H22N4O3S.2ClH/c24-19(22-17-11-15-3-4-16(12-17)21-15)13-1-5-18(6-2-13)27(25,26)23-14-7-9-20-10-8-14;;/h1-2,5-10,15-17,21H,3-4,11-12H2,(H,20,23)(H,22,24);2*1H. The number of carbonyl (C=O) groups is 1. The smallest absolute Gasteiger partial charge is 0.261 e. The number of fused-ring (bicyclic) bond motifs is 2. The highest BCUT2D eigenvalue weighted by Gasteiger charge is 2.34. The van der Waals surface area contributed by atoms with Gasteiger partial charge in [-0.25, -0.2) is 8.42 Å². The lowest BCUT2D eigenvalue weighted by Gasteiger charge is -2.29. The summed E-state index contributed by atoms with van der Waals surface area (Å²) in [5, 5.41) is 6.63. The van der Waals surface area contributed by atoms with Crippen LogP contribution in [-0.4, -0.2) is 37.4 Å². The third-order valence-electron chi connectivity index (χ3n) is 5.17. The highest BCUT2D eigenvalue weighted by molar-refractivity contribution is 7.92. The summed E-state index contributed by atoms with van der Waals surface area (Å²) in [6.45, 7) is 0. The zero-order valence-corrected chi connectivity index (χ0v) is 18.0. The minimum atomic E-state index is -3.71. The Morgan fingerprint density at radius 3 is 2.14 bits per heavy atom. The summed E-state index contributed by atoms with van der Waals surface area (Å²) in [6.07, 6.45) is 7.27. The van der Waals surface area contributed by atoms with E-state index in [9.17, 15) is 13.2 Å². The normalized spacial score (nSPS) is 22.7. The number of aromatic nitrogens is 1. The van der Waals surface area contributed by atoms with Crippen LogP contribution < -0.4 is 15.4 Å². The largest absolute Gasteiger partial charge is 0.349 e. The number of benzene rings is 1. The molecule has 0 saturated carbocycles. The fourth-order valence-corrected chi connectivity index (χ4v) is 4.92. The van der Waals surface area contributed by atoms with Gasteiger partial charge in [0, 0.05) is 36.1 Å². The van der Waals surface area contributed by atoms with Gasteiger partial charge in [-0.2, -0.15) is 0 Å². The molecule has 1 amide bonds. The lowest BCUT2D eigenvalue weighted by atomic mass is 9.99. The third-order valence-corrected chi connectivity index (χ3v) is 6.56. The lowest BCUT2D eigenvalue weighted by molar-refractivity contribution is 0.0924. The van der Waals surface area contributed by atoms with Crippen molar-refractivity contribution in [3.8, 4) is 0 Å². The summed E-state index contributed by atoms with van der Waals surface area (Å²) in [5.74, 6) is -0.160. The third kappa shape index (κ3) is 5.60. The monoisotopic (exact) mass is 458 g/mol. The van der Waals surface area contributed by atoms with Crippen molar-refractivity contribution >= 4 is 46.4 Å². The molecule has 3 N–H and O–H groups in total. The Hall–Kier alpha value is -1.87. The molecule has 3 heterocycles. The van der Waals surface area contributed by atoms with E-state index in [4.69, 9.17) is 0 Å². The van der Waals surface area contributed by atoms with Crippen molar-refractivity contribution < 1.29 is 13.2 Å². The van der Waals surface area contributed by atoms with Crippen LogP contribution in [0.2, 0.25) is 0 Å². The quantitative estimate of drug-likeness (QED) is 0.639. The van der Waals surface area contributed by atoms with E-state index in [2.05, 4.69) is 20.3 Å². The van der Waals surface area contributed by atoms with Gasteiger partial charge in [0.05, 0.1) is 10.6 Å². The van der Waals surface area contributed by atoms with Gasteiger partial charge in [-0.1, -0.05) is 0 Å². The molecule has 29 heavy (non-hydrogen) atoms. The minimum Gasteiger partial charge on any atom is -0.349 e. The Labute approximate surface area is 182 Å². The van der Waals surface area contributed by atoms with Crippen molar-refractivity contribution in [1.82, 2.24) is 15.6 Å². The Morgan fingerprint density at radius 2 is 1.55 bits per heavy atom. The molecule has 2 saturated heterocycles. The topological polar surface area (TPSA) is 100 Å². The molecule has 2 fully saturated rings. The zero-order chi connectivity index (χ0) is 18.9. The highest BCUT2D eigenvalue weighted by Crippen LogP contribution is 2.27. The number of hydrogen-bond donors (Lipinski definition) is 3. The number of nitrogens with zero attached hydrogens (tertiary/aromatic N) is 1. The molecule has 4 rings (SSSR count). The SMILES string of the molecule is Cl.Cl.O=C(NC1CC2CCC(C1)N2)c1ccc(S(=O)(=O)Nc2ccncc2)cc1. The number of piperidine rings is 1. The van der Waals surface area contributed by atoms with Gasteiger partial charge in [0.15, 0.2) is 0 Å². The van der Waals surface area contributed by atoms with Crippen LogP contribution >= 0.6 is 24.8 Å². The van der Waals surface area contributed by atoms with Crippen LogP contribution in [0.3, 0.4) is 0 Å². The van der Waals surface area contributed by atoms with Gasteiger partial charge in [0.2, 0.25) is 0 Å². The van der Waals surface area contributed by atoms with E-state index in [1.54, 1.807) is 24.3 Å². The summed E-state index contributed by atoms with van der Waals surface area (Å²) < 4.78 is 27.4. The van der Waals surface area contributed by atoms with Crippen molar-refractivity contribution in [3.05, 3.63) is 54.4 Å². The van der Waals surface area contributed by atoms with Crippen molar-refractivity contribution in [3.63, 3.8) is 0 Å². The van der Waals surface area contributed by atoms with E-state index in [0.717, 1.165) is 12.8 Å². The van der Waals surface area contributed by atoms with Crippen molar-refractivity contribution in [2.45, 2.75) is 48.7 Å². The second-order valence-corrected chi connectivity index (χ2v) is 8.83. The second-order valence-electron chi connectivity index (χ2n) is 7.15. The van der Waals surface area contributed by atoms with E-state index in [0.29, 0.717) is 23.3 Å². The molecule has 2 bridgehead atoms. The number of rotatable bonds is 5. The summed E-state index contributed by atoms with van der Waals surface area (Å²) in [4.78, 5) is 16.5. The molecule has 1 aromatic carbocycles. The molecule has 1 aromatic heterocycles. The molecule has 0 spiro atoms. The molecule has 2 aliphatic rings. The van der Waals surface area contributed by atoms with Gasteiger partial charge in [-0.3, -0.25) is 14.5 Å². The van der Waals surface area contributed by atoms with Crippen molar-refractivity contribution in [1.29, 1.82) is 0 Å². The second kappa shape index (κ2) is 9.75. The number of nitrogens with one attached hydrogen (secondary N) is 3. The van der Waals surface area contributed by atoms with Gasteiger partial charge in [-0.15, -0.1) is 24.8 Å². The Bertz CT molecular complexity index is 914. The first-order valence-electron chi connectivity index (χ1n) is 9.09. The molecule has 10 heteroatoms. The number of pyridine rings is 1. The van der Waals surface area contributed by atoms with E-state index in [1.165, 1.54) is 37.4 Å². The Morgan fingerprint density at radius 1 is 0.966 bits per heavy atom. The molecule has 7 nitrogen and oxygen atoms in total. The predicted octanol–water partition coefficient (Wildman–Crippen LogP) is 2.74. The number of hydrogen-bond acceptors (Lipinski definition) is 5. The number of anilines is 1. The van der Waals surface area contributed by atoms with Gasteiger partial charge in [0.1, 0.15) is 0 Å². The van der Waals surface area contributed by atoms with Gasteiger partial charge in [0.25, 0.3) is 15.9 Å². The fourth-order valence-electron chi connectivity index (χ4n) is 3.86. The number of halogens is 2. The highest BCUT2D eigenvalue weighted by atomic mass is 35.5. The average Bonchev–Trinajstić information content (AvgIpc) is 3.00. The number of amides is 1. The molecule has 158 valence electrons. The first-order chi connectivity index (χ1) is 13.0. The van der Waals surface area contributed by atoms with E-state index in [1.807, 2.05) is 0 Å². The maximum atomic E-state index is 12.5. The van der Waals surface area contributed by atoms with Crippen LogP contribution in [0.1, 0.15) is 36.0 Å². The zero-order valence-electron chi connectivity index (χ0n) is 15.6. The van der Waals surface area contributed by atoms with E-state index in [-0.39, 0.29) is 41.7 Å². The molecule has 2 aliphatic heterocycles. The maximum Gasteiger partial charge on any atom is 0.261 e. The van der Waals surface area contributed by atoms with Crippen LogP contribution in [0.15, 0.2) is 53.7 Å². The summed E-state index contributed by atoms with van der Waals surface area (Å²) in [5.41, 5.74) is 0.899. The predicted molar refractivity (Wildman–Crippen MR) is 116 cm³/mol. The number of carbonyl (C=O) groups excluding carboxylic acids is 1. The molecule has 2 aromatic rings. The van der Waals surface area contributed by atoms with E-state index < -0.39 is 10.0 Å². The van der Waals surface area contributed by atoms with Gasteiger partial charge in [-0.05, 0) is 62.1 Å². The number of sulfonamides is 1.